The van der Waals surface area contributed by atoms with Crippen molar-refractivity contribution in [2.75, 3.05) is 7.11 Å². The number of imidazole rings is 1. The normalized spacial score (nSPS) is 13.4. The fourth-order valence-electron chi connectivity index (χ4n) is 1.44. The molecule has 0 saturated heterocycles. The van der Waals surface area contributed by atoms with Gasteiger partial charge in [-0.15, -0.1) is 0 Å². The highest BCUT2D eigenvalue weighted by Gasteiger charge is 1.92. The van der Waals surface area contributed by atoms with Gasteiger partial charge in [0, 0.05) is 19.3 Å². The molecule has 0 amide bonds. The molecule has 0 unspecified atom stereocenters. The molecule has 0 fully saturated rings. The Balaban J connectivity index is 2.59. The summed E-state index contributed by atoms with van der Waals surface area (Å²) in [5, 5.41) is 0. The van der Waals surface area contributed by atoms with Gasteiger partial charge in [0.2, 0.25) is 0 Å². The van der Waals surface area contributed by atoms with Gasteiger partial charge >= 0.3 is 5.97 Å². The number of nitrogens with zero attached hydrogens (tertiary/aromatic N) is 2. The number of rotatable bonds is 5. The minimum Gasteiger partial charge on any atom is -0.466 e. The zero-order valence-electron chi connectivity index (χ0n) is 12.3. The molecule has 0 aliphatic heterocycles. The zero-order chi connectivity index (χ0) is 15.0. The summed E-state index contributed by atoms with van der Waals surface area (Å²) in [4.78, 5) is 15.2. The Morgan fingerprint density at radius 3 is 2.65 bits per heavy atom. The van der Waals surface area contributed by atoms with Crippen molar-refractivity contribution in [1.29, 1.82) is 0 Å². The number of allylic oxidation sites excluding steroid dienone is 6. The Morgan fingerprint density at radius 1 is 1.30 bits per heavy atom. The van der Waals surface area contributed by atoms with Gasteiger partial charge in [-0.25, -0.2) is 9.78 Å². The molecule has 0 aromatic carbocycles. The van der Waals surface area contributed by atoms with Gasteiger partial charge in [-0.3, -0.25) is 0 Å². The van der Waals surface area contributed by atoms with Crippen LogP contribution >= 0.6 is 0 Å². The first kappa shape index (κ1) is 15.7. The maximum Gasteiger partial charge on any atom is 0.330 e. The highest BCUT2D eigenvalue weighted by atomic mass is 16.5. The summed E-state index contributed by atoms with van der Waals surface area (Å²) < 4.78 is 6.46. The molecular formula is C16H20N2O2. The molecule has 106 valence electrons. The first-order chi connectivity index (χ1) is 9.51. The van der Waals surface area contributed by atoms with E-state index >= 15 is 0 Å². The van der Waals surface area contributed by atoms with Crippen LogP contribution in [0.25, 0.3) is 6.08 Å². The summed E-state index contributed by atoms with van der Waals surface area (Å²) in [6, 6.07) is 0. The van der Waals surface area contributed by atoms with Crippen LogP contribution in [0.5, 0.6) is 0 Å². The fourth-order valence-corrected chi connectivity index (χ4v) is 1.44. The molecule has 0 atom stereocenters. The highest BCUT2D eigenvalue weighted by molar-refractivity contribution is 5.83. The van der Waals surface area contributed by atoms with E-state index in [2.05, 4.69) is 9.72 Å². The molecule has 0 radical (unpaired) electrons. The number of esters is 1. The van der Waals surface area contributed by atoms with E-state index in [0.29, 0.717) is 0 Å². The number of carbonyl (C=O) groups excluding carboxylic acids is 1. The van der Waals surface area contributed by atoms with Crippen LogP contribution in [0.2, 0.25) is 0 Å². The van der Waals surface area contributed by atoms with E-state index in [1.807, 2.05) is 62.0 Å². The predicted molar refractivity (Wildman–Crippen MR) is 80.9 cm³/mol. The Labute approximate surface area is 119 Å². The molecule has 1 aromatic heterocycles. The molecule has 1 rings (SSSR count). The van der Waals surface area contributed by atoms with Crippen LogP contribution in [0.3, 0.4) is 0 Å². The minimum absolute atomic E-state index is 0.345. The third-order valence-corrected chi connectivity index (χ3v) is 2.51. The number of aryl methyl sites for hydroxylation is 1. The summed E-state index contributed by atoms with van der Waals surface area (Å²) in [5.74, 6) is -0.345. The average molecular weight is 272 g/mol. The van der Waals surface area contributed by atoms with E-state index in [1.165, 1.54) is 13.2 Å². The molecule has 0 aliphatic rings. The van der Waals surface area contributed by atoms with Crippen molar-refractivity contribution in [1.82, 2.24) is 9.55 Å². The van der Waals surface area contributed by atoms with E-state index in [9.17, 15) is 4.79 Å². The first-order valence-corrected chi connectivity index (χ1v) is 6.28. The summed E-state index contributed by atoms with van der Waals surface area (Å²) >= 11 is 0. The van der Waals surface area contributed by atoms with Crippen LogP contribution in [0.4, 0.5) is 0 Å². The minimum atomic E-state index is -0.345. The molecular weight excluding hydrogens is 252 g/mol. The van der Waals surface area contributed by atoms with Gasteiger partial charge in [0.15, 0.2) is 0 Å². The fraction of sp³-hybridized carbons (Fsp3) is 0.250. The number of aromatic nitrogens is 2. The second-order valence-electron chi connectivity index (χ2n) is 4.48. The van der Waals surface area contributed by atoms with Crippen molar-refractivity contribution in [2.24, 2.45) is 7.05 Å². The summed E-state index contributed by atoms with van der Waals surface area (Å²) in [5.41, 5.74) is 2.86. The molecule has 0 saturated carbocycles. The summed E-state index contributed by atoms with van der Waals surface area (Å²) in [6.07, 6.45) is 14.8. The molecule has 1 heterocycles. The Kier molecular flexibility index (Phi) is 6.23. The molecule has 0 spiro atoms. The lowest BCUT2D eigenvalue weighted by Gasteiger charge is -1.92. The van der Waals surface area contributed by atoms with Crippen molar-refractivity contribution in [3.8, 4) is 0 Å². The van der Waals surface area contributed by atoms with Crippen LogP contribution in [0.1, 0.15) is 19.5 Å². The lowest BCUT2D eigenvalue weighted by Crippen LogP contribution is -1.94. The smallest absolute Gasteiger partial charge is 0.330 e. The number of hydrogen-bond donors (Lipinski definition) is 0. The summed E-state index contributed by atoms with van der Waals surface area (Å²) in [6.45, 7) is 3.85. The molecule has 4 heteroatoms. The van der Waals surface area contributed by atoms with Crippen molar-refractivity contribution in [2.45, 2.75) is 13.8 Å². The molecule has 4 nitrogen and oxygen atoms in total. The maximum absolute atomic E-state index is 11.0. The quantitative estimate of drug-likeness (QED) is 0.470. The maximum atomic E-state index is 11.0. The number of ether oxygens (including phenoxy) is 1. The Bertz CT molecular complexity index is 575. The number of hydrogen-bond acceptors (Lipinski definition) is 3. The molecule has 0 bridgehead atoms. The molecule has 0 N–H and O–H groups in total. The second-order valence-corrected chi connectivity index (χ2v) is 4.48. The second kappa shape index (κ2) is 7.94. The highest BCUT2D eigenvalue weighted by Crippen LogP contribution is 2.03. The van der Waals surface area contributed by atoms with Crippen LogP contribution in [-0.4, -0.2) is 22.6 Å². The van der Waals surface area contributed by atoms with Crippen molar-refractivity contribution in [3.63, 3.8) is 0 Å². The standard InChI is InChI=1S/C16H20N2O2/c1-13(8-9-15-11-18(3)12-17-15)6-5-7-14(2)10-16(19)20-4/h5-12H,1-4H3/b7-5+,9-8+,13-6+,14-10+. The van der Waals surface area contributed by atoms with Crippen molar-refractivity contribution in [3.05, 3.63) is 59.7 Å². The van der Waals surface area contributed by atoms with Gasteiger partial charge in [-0.1, -0.05) is 29.9 Å². The lowest BCUT2D eigenvalue weighted by molar-refractivity contribution is -0.134. The molecule has 0 aliphatic carbocycles. The van der Waals surface area contributed by atoms with Gasteiger partial charge in [0.25, 0.3) is 0 Å². The topological polar surface area (TPSA) is 44.1 Å². The number of carbonyl (C=O) groups is 1. The summed E-state index contributed by atoms with van der Waals surface area (Å²) in [7, 11) is 3.30. The molecule has 1 aromatic rings. The van der Waals surface area contributed by atoms with E-state index < -0.39 is 0 Å². The predicted octanol–water partition coefficient (Wildman–Crippen LogP) is 3.06. The lowest BCUT2D eigenvalue weighted by atomic mass is 10.2. The number of methoxy groups -OCH3 is 1. The average Bonchev–Trinajstić information content (AvgIpc) is 2.82. The van der Waals surface area contributed by atoms with Gasteiger partial charge < -0.3 is 9.30 Å². The third kappa shape index (κ3) is 6.00. The first-order valence-electron chi connectivity index (χ1n) is 6.28. The largest absolute Gasteiger partial charge is 0.466 e. The van der Waals surface area contributed by atoms with Crippen LogP contribution in [0.15, 0.2) is 54.1 Å². The zero-order valence-corrected chi connectivity index (χ0v) is 12.3. The van der Waals surface area contributed by atoms with E-state index in [4.69, 9.17) is 0 Å². The van der Waals surface area contributed by atoms with Gasteiger partial charge in [0.1, 0.15) is 0 Å². The molecule has 20 heavy (non-hydrogen) atoms. The third-order valence-electron chi connectivity index (χ3n) is 2.51. The van der Waals surface area contributed by atoms with Crippen LogP contribution < -0.4 is 0 Å². The van der Waals surface area contributed by atoms with Crippen molar-refractivity contribution >= 4 is 12.0 Å². The van der Waals surface area contributed by atoms with Gasteiger partial charge in [-0.05, 0) is 25.5 Å². The van der Waals surface area contributed by atoms with Crippen LogP contribution in [0, 0.1) is 0 Å². The van der Waals surface area contributed by atoms with Crippen LogP contribution in [-0.2, 0) is 16.6 Å². The SMILES string of the molecule is COC(=O)/C=C(C)/C=C/C=C(C)/C=C/c1cn(C)cn1. The van der Waals surface area contributed by atoms with E-state index in [1.54, 1.807) is 6.33 Å². The van der Waals surface area contributed by atoms with Gasteiger partial charge in [-0.2, -0.15) is 0 Å². The van der Waals surface area contributed by atoms with Crippen molar-refractivity contribution < 1.29 is 9.53 Å². The van der Waals surface area contributed by atoms with E-state index in [-0.39, 0.29) is 5.97 Å². The van der Waals surface area contributed by atoms with E-state index in [0.717, 1.165) is 16.8 Å². The Morgan fingerprint density at radius 2 is 2.05 bits per heavy atom. The Hall–Kier alpha value is -2.36. The van der Waals surface area contributed by atoms with Gasteiger partial charge in [0.05, 0.1) is 19.1 Å². The monoisotopic (exact) mass is 272 g/mol.